The van der Waals surface area contributed by atoms with Gasteiger partial charge >= 0.3 is 0 Å². The van der Waals surface area contributed by atoms with E-state index >= 15 is 0 Å². The molecular formula is C57H96N4S. The van der Waals surface area contributed by atoms with Gasteiger partial charge in [0.25, 0.3) is 0 Å². The SMILES string of the molecule is C#CC(=C)C(C)CC(Cc1ccc(CCC)cc1)c1csc(C(CCCC)CC(C(C)C)N(C)CC=C)n1.C=C(C)C1CCCCN1C.C=C(C)CC.C=CCCCC.C=CN. The molecule has 2 aromatic rings. The van der Waals surface area contributed by atoms with Crippen LogP contribution < -0.4 is 5.73 Å². The molecular weight excluding hydrogens is 773 g/mol. The average molecular weight is 869 g/mol. The number of piperidine rings is 1. The van der Waals surface area contributed by atoms with Crippen molar-refractivity contribution in [3.8, 4) is 12.3 Å². The summed E-state index contributed by atoms with van der Waals surface area (Å²) in [5.74, 6) is 4.45. The van der Waals surface area contributed by atoms with E-state index < -0.39 is 0 Å². The summed E-state index contributed by atoms with van der Waals surface area (Å²) in [7, 11) is 4.43. The van der Waals surface area contributed by atoms with Crippen LogP contribution in [0.3, 0.4) is 0 Å². The fourth-order valence-corrected chi connectivity index (χ4v) is 8.59. The number of rotatable bonds is 23. The highest BCUT2D eigenvalue weighted by atomic mass is 32.1. The number of nitrogens with zero attached hydrogens (tertiary/aromatic N) is 3. The minimum Gasteiger partial charge on any atom is -0.405 e. The second-order valence-corrected chi connectivity index (χ2v) is 18.7. The van der Waals surface area contributed by atoms with Crippen LogP contribution in [0, 0.1) is 24.2 Å². The predicted molar refractivity (Wildman–Crippen MR) is 283 cm³/mol. The van der Waals surface area contributed by atoms with E-state index in [2.05, 4.69) is 160 Å². The van der Waals surface area contributed by atoms with E-state index in [1.54, 1.807) is 0 Å². The van der Waals surface area contributed by atoms with Gasteiger partial charge in [-0.3, -0.25) is 9.80 Å². The molecule has 0 bridgehead atoms. The molecule has 0 amide bonds. The zero-order valence-corrected chi connectivity index (χ0v) is 43.1. The molecule has 1 fully saturated rings. The van der Waals surface area contributed by atoms with Gasteiger partial charge < -0.3 is 5.73 Å². The lowest BCUT2D eigenvalue weighted by Crippen LogP contribution is -2.37. The number of terminal acetylenes is 1. The number of hydrogen-bond acceptors (Lipinski definition) is 5. The quantitative estimate of drug-likeness (QED) is 0.0687. The number of aromatic nitrogens is 1. The summed E-state index contributed by atoms with van der Waals surface area (Å²) in [6.07, 6.45) is 28.9. The molecule has 0 saturated carbocycles. The first kappa shape index (κ1) is 60.7. The molecule has 0 radical (unpaired) electrons. The van der Waals surface area contributed by atoms with Gasteiger partial charge in [0.05, 0.1) is 10.7 Å². The average Bonchev–Trinajstić information content (AvgIpc) is 3.74. The first-order valence-electron chi connectivity index (χ1n) is 24.0. The number of nitrogens with two attached hydrogens (primary N) is 1. The molecule has 1 aromatic heterocycles. The molecule has 2 N–H and O–H groups in total. The molecule has 0 aliphatic carbocycles. The van der Waals surface area contributed by atoms with E-state index in [0.717, 1.165) is 44.2 Å². The zero-order chi connectivity index (χ0) is 47.5. The van der Waals surface area contributed by atoms with Crippen LogP contribution in [0.2, 0.25) is 0 Å². The number of allylic oxidation sites excluding steroid dienone is 3. The first-order chi connectivity index (χ1) is 29.5. The van der Waals surface area contributed by atoms with Gasteiger partial charge in [-0.05, 0) is 127 Å². The molecule has 350 valence electrons. The van der Waals surface area contributed by atoms with Crippen molar-refractivity contribution in [2.75, 3.05) is 27.2 Å². The number of unbranched alkanes of at least 4 members (excludes halogenated alkanes) is 3. The molecule has 1 aliphatic rings. The Morgan fingerprint density at radius 1 is 0.935 bits per heavy atom. The van der Waals surface area contributed by atoms with E-state index in [9.17, 15) is 0 Å². The Morgan fingerprint density at radius 3 is 1.97 bits per heavy atom. The Bertz CT molecular complexity index is 1520. The molecule has 5 atom stereocenters. The second kappa shape index (κ2) is 38.1. The van der Waals surface area contributed by atoms with Crippen molar-refractivity contribution in [1.82, 2.24) is 14.8 Å². The molecule has 1 aliphatic heterocycles. The Balaban J connectivity index is 0. The second-order valence-electron chi connectivity index (χ2n) is 17.8. The lowest BCUT2D eigenvalue weighted by molar-refractivity contribution is 0.185. The minimum absolute atomic E-state index is 0.267. The molecule has 3 rings (SSSR count). The van der Waals surface area contributed by atoms with Gasteiger partial charge in [-0.15, -0.1) is 37.5 Å². The van der Waals surface area contributed by atoms with Crippen molar-refractivity contribution in [1.29, 1.82) is 0 Å². The normalized spacial score (nSPS) is 15.2. The van der Waals surface area contributed by atoms with Crippen LogP contribution in [0.15, 0.2) is 104 Å². The summed E-state index contributed by atoms with van der Waals surface area (Å²) in [5.41, 5.74) is 12.1. The summed E-state index contributed by atoms with van der Waals surface area (Å²) in [6, 6.07) is 10.4. The highest BCUT2D eigenvalue weighted by Crippen LogP contribution is 2.37. The van der Waals surface area contributed by atoms with Crippen LogP contribution in [0.4, 0.5) is 0 Å². The summed E-state index contributed by atoms with van der Waals surface area (Å²) >= 11 is 1.86. The van der Waals surface area contributed by atoms with Crippen molar-refractivity contribution in [3.05, 3.63) is 126 Å². The molecule has 2 heterocycles. The van der Waals surface area contributed by atoms with Gasteiger partial charge in [-0.1, -0.05) is 160 Å². The Kier molecular flexibility index (Phi) is 37.2. The maximum Gasteiger partial charge on any atom is 0.0959 e. The monoisotopic (exact) mass is 869 g/mol. The van der Waals surface area contributed by atoms with Crippen LogP contribution in [0.1, 0.15) is 179 Å². The fraction of sp³-hybridized carbons (Fsp3) is 0.596. The van der Waals surface area contributed by atoms with Gasteiger partial charge in [0.2, 0.25) is 0 Å². The van der Waals surface area contributed by atoms with Crippen molar-refractivity contribution < 1.29 is 0 Å². The Hall–Kier alpha value is -3.43. The highest BCUT2D eigenvalue weighted by Gasteiger charge is 2.27. The third-order valence-corrected chi connectivity index (χ3v) is 12.7. The van der Waals surface area contributed by atoms with Crippen molar-refractivity contribution in [2.45, 2.75) is 183 Å². The fourth-order valence-electron chi connectivity index (χ4n) is 7.54. The number of thiazole rings is 1. The number of likely N-dealkylation sites (N-methyl/N-ethyl adjacent to an activating group) is 2. The predicted octanol–water partition coefficient (Wildman–Crippen LogP) is 15.9. The number of likely N-dealkylation sites (tertiary alicyclic amines) is 1. The summed E-state index contributed by atoms with van der Waals surface area (Å²) in [5, 5.41) is 3.63. The number of benzene rings is 1. The van der Waals surface area contributed by atoms with E-state index in [4.69, 9.17) is 11.4 Å². The van der Waals surface area contributed by atoms with Crippen molar-refractivity contribution in [2.24, 2.45) is 17.6 Å². The van der Waals surface area contributed by atoms with E-state index in [-0.39, 0.29) is 5.92 Å². The van der Waals surface area contributed by atoms with Gasteiger partial charge in [0, 0.05) is 35.8 Å². The standard InChI is InChI=1S/C35H52N2S.C9H17N.C6H12.C5H10.C2H5N/c1-10-14-16-31(24-34(26(5)6)37(9)21-12-3)35-36-33(25-38-35)32(22-28(8)27(7)13-4)23-30-19-17-29(15-11-2)18-20-30;1-8(2)9-6-4-5-7-10(9)3;1-3-5-6-4-2;1-4-5(2)3;1-2-3/h4,12,17-20,25-26,28,31-32,34H,3,7,10-11,14-16,21-24H2,1-2,5-6,8-9H3;9H,1,4-7H2,2-3H3;3H,1,4-6H2,2H3;2,4H2,1,3H3;2H,1,3H2. The van der Waals surface area contributed by atoms with Crippen LogP contribution in [-0.2, 0) is 12.8 Å². The summed E-state index contributed by atoms with van der Waals surface area (Å²) in [6.45, 7) is 44.5. The van der Waals surface area contributed by atoms with Crippen LogP contribution in [0.5, 0.6) is 0 Å². The van der Waals surface area contributed by atoms with E-state index in [0.29, 0.717) is 29.8 Å². The molecule has 1 saturated heterocycles. The molecule has 5 heteroatoms. The zero-order valence-electron chi connectivity index (χ0n) is 42.3. The van der Waals surface area contributed by atoms with Gasteiger partial charge in [0.15, 0.2) is 0 Å². The topological polar surface area (TPSA) is 45.4 Å². The van der Waals surface area contributed by atoms with Crippen LogP contribution in [0.25, 0.3) is 0 Å². The van der Waals surface area contributed by atoms with Crippen molar-refractivity contribution in [3.63, 3.8) is 0 Å². The van der Waals surface area contributed by atoms with Crippen LogP contribution in [-0.4, -0.2) is 54.1 Å². The maximum absolute atomic E-state index is 5.72. The highest BCUT2D eigenvalue weighted by molar-refractivity contribution is 7.09. The molecule has 5 unspecified atom stereocenters. The molecule has 0 spiro atoms. The lowest BCUT2D eigenvalue weighted by Gasteiger charge is -2.33. The molecule has 4 nitrogen and oxygen atoms in total. The van der Waals surface area contributed by atoms with Gasteiger partial charge in [-0.2, -0.15) is 0 Å². The maximum atomic E-state index is 5.72. The Morgan fingerprint density at radius 2 is 1.53 bits per heavy atom. The Labute approximate surface area is 390 Å². The minimum atomic E-state index is 0.267. The lowest BCUT2D eigenvalue weighted by atomic mass is 9.85. The van der Waals surface area contributed by atoms with Gasteiger partial charge in [-0.25, -0.2) is 4.98 Å². The third-order valence-electron chi connectivity index (χ3n) is 11.7. The van der Waals surface area contributed by atoms with Gasteiger partial charge in [0.1, 0.15) is 0 Å². The van der Waals surface area contributed by atoms with E-state index in [1.807, 2.05) is 30.4 Å². The number of hydrogen-bond donors (Lipinski definition) is 1. The van der Waals surface area contributed by atoms with Crippen LogP contribution >= 0.6 is 11.3 Å². The smallest absolute Gasteiger partial charge is 0.0959 e. The summed E-state index contributed by atoms with van der Waals surface area (Å²) < 4.78 is 0. The first-order valence-corrected chi connectivity index (χ1v) is 24.9. The summed E-state index contributed by atoms with van der Waals surface area (Å²) in [4.78, 5) is 10.2. The van der Waals surface area contributed by atoms with Crippen molar-refractivity contribution >= 4 is 11.3 Å². The third kappa shape index (κ3) is 27.6. The largest absolute Gasteiger partial charge is 0.405 e. The number of aryl methyl sites for hydroxylation is 1. The molecule has 62 heavy (non-hydrogen) atoms. The molecule has 1 aromatic carbocycles. The van der Waals surface area contributed by atoms with E-state index in [1.165, 1.54) is 110 Å².